The second-order valence-corrected chi connectivity index (χ2v) is 4.90. The number of rotatable bonds is 1. The summed E-state index contributed by atoms with van der Waals surface area (Å²) in [6.07, 6.45) is 1.57. The lowest BCUT2D eigenvalue weighted by atomic mass is 9.86. The highest BCUT2D eigenvalue weighted by molar-refractivity contribution is 5.59. The van der Waals surface area contributed by atoms with E-state index in [1.165, 1.54) is 5.56 Å². The first-order valence-corrected chi connectivity index (χ1v) is 5.29. The second kappa shape index (κ2) is 3.67. The van der Waals surface area contributed by atoms with Crippen LogP contribution in [-0.4, -0.2) is 4.98 Å². The average molecular weight is 216 g/mol. The molecule has 0 aliphatic rings. The molecule has 2 aromatic rings. The van der Waals surface area contributed by atoms with Crippen molar-refractivity contribution in [1.82, 2.24) is 4.98 Å². The zero-order valence-corrected chi connectivity index (χ0v) is 9.82. The highest BCUT2D eigenvalue weighted by Gasteiger charge is 2.13. The summed E-state index contributed by atoms with van der Waals surface area (Å²) in [4.78, 5) is 4.08. The minimum absolute atomic E-state index is 0.168. The Labute approximate surface area is 95.3 Å². The summed E-state index contributed by atoms with van der Waals surface area (Å²) < 4.78 is 4.98. The zero-order chi connectivity index (χ0) is 11.8. The monoisotopic (exact) mass is 216 g/mol. The first kappa shape index (κ1) is 10.7. The van der Waals surface area contributed by atoms with Crippen LogP contribution in [0.4, 0.5) is 6.01 Å². The predicted octanol–water partition coefficient (Wildman–Crippen LogP) is 3.22. The molecule has 0 aliphatic carbocycles. The van der Waals surface area contributed by atoms with Gasteiger partial charge in [-0.2, -0.15) is 4.98 Å². The van der Waals surface area contributed by atoms with Crippen molar-refractivity contribution in [1.29, 1.82) is 0 Å². The molecule has 2 N–H and O–H groups in total. The summed E-state index contributed by atoms with van der Waals surface area (Å²) in [6.45, 7) is 6.57. The van der Waals surface area contributed by atoms with E-state index in [2.05, 4.69) is 37.9 Å². The highest BCUT2D eigenvalue weighted by Crippen LogP contribution is 2.25. The first-order chi connectivity index (χ1) is 7.47. The SMILES string of the molecule is CC(C)(C)c1ccc(-c2coc(N)n2)cc1. The Kier molecular flexibility index (Phi) is 2.46. The van der Waals surface area contributed by atoms with Gasteiger partial charge in [0.1, 0.15) is 12.0 Å². The number of aromatic nitrogens is 1. The molecule has 84 valence electrons. The smallest absolute Gasteiger partial charge is 0.292 e. The molecule has 0 amide bonds. The van der Waals surface area contributed by atoms with E-state index < -0.39 is 0 Å². The van der Waals surface area contributed by atoms with Crippen LogP contribution in [0.25, 0.3) is 11.3 Å². The van der Waals surface area contributed by atoms with Crippen LogP contribution < -0.4 is 5.73 Å². The fourth-order valence-electron chi connectivity index (χ4n) is 1.56. The fourth-order valence-corrected chi connectivity index (χ4v) is 1.56. The van der Waals surface area contributed by atoms with Gasteiger partial charge in [0.25, 0.3) is 6.01 Å². The molecular formula is C13H16N2O. The van der Waals surface area contributed by atoms with Gasteiger partial charge in [0.2, 0.25) is 0 Å². The predicted molar refractivity (Wildman–Crippen MR) is 65.1 cm³/mol. The lowest BCUT2D eigenvalue weighted by molar-refractivity contribution is 0.581. The van der Waals surface area contributed by atoms with Crippen LogP contribution in [-0.2, 0) is 5.41 Å². The van der Waals surface area contributed by atoms with Crippen LogP contribution in [0, 0.1) is 0 Å². The molecule has 0 bridgehead atoms. The summed E-state index contributed by atoms with van der Waals surface area (Å²) in [5.74, 6) is 0. The molecule has 0 fully saturated rings. The Morgan fingerprint density at radius 1 is 1.12 bits per heavy atom. The highest BCUT2D eigenvalue weighted by atomic mass is 16.4. The molecule has 1 aromatic carbocycles. The van der Waals surface area contributed by atoms with Crippen molar-refractivity contribution in [3.8, 4) is 11.3 Å². The number of hydrogen-bond donors (Lipinski definition) is 1. The Morgan fingerprint density at radius 3 is 2.19 bits per heavy atom. The van der Waals surface area contributed by atoms with E-state index in [-0.39, 0.29) is 11.4 Å². The molecule has 3 nitrogen and oxygen atoms in total. The summed E-state index contributed by atoms with van der Waals surface area (Å²) in [7, 11) is 0. The largest absolute Gasteiger partial charge is 0.432 e. The van der Waals surface area contributed by atoms with Gasteiger partial charge in [-0.3, -0.25) is 0 Å². The van der Waals surface area contributed by atoms with Crippen LogP contribution in [0.2, 0.25) is 0 Å². The van der Waals surface area contributed by atoms with Crippen molar-refractivity contribution in [3.63, 3.8) is 0 Å². The minimum Gasteiger partial charge on any atom is -0.432 e. The number of nitrogen functional groups attached to an aromatic ring is 1. The van der Waals surface area contributed by atoms with Gasteiger partial charge in [-0.15, -0.1) is 0 Å². The van der Waals surface area contributed by atoms with Crippen LogP contribution in [0.1, 0.15) is 26.3 Å². The number of anilines is 1. The summed E-state index contributed by atoms with van der Waals surface area (Å²) in [5, 5.41) is 0. The molecule has 3 heteroatoms. The van der Waals surface area contributed by atoms with Crippen LogP contribution >= 0.6 is 0 Å². The van der Waals surface area contributed by atoms with Gasteiger partial charge >= 0.3 is 0 Å². The quantitative estimate of drug-likeness (QED) is 0.796. The fraction of sp³-hybridized carbons (Fsp3) is 0.308. The molecule has 0 spiro atoms. The molecule has 0 saturated carbocycles. The topological polar surface area (TPSA) is 52.0 Å². The summed E-state index contributed by atoms with van der Waals surface area (Å²) >= 11 is 0. The van der Waals surface area contributed by atoms with Crippen LogP contribution in [0.3, 0.4) is 0 Å². The van der Waals surface area contributed by atoms with Gasteiger partial charge in [0.15, 0.2) is 0 Å². The van der Waals surface area contributed by atoms with Crippen LogP contribution in [0.15, 0.2) is 34.9 Å². The van der Waals surface area contributed by atoms with Gasteiger partial charge in [-0.1, -0.05) is 45.0 Å². The molecule has 1 aromatic heterocycles. The maximum atomic E-state index is 5.44. The lowest BCUT2D eigenvalue weighted by Crippen LogP contribution is -2.10. The molecule has 0 aliphatic heterocycles. The van der Waals surface area contributed by atoms with Crippen molar-refractivity contribution in [2.45, 2.75) is 26.2 Å². The number of nitrogens with zero attached hydrogens (tertiary/aromatic N) is 1. The summed E-state index contributed by atoms with van der Waals surface area (Å²) in [6, 6.07) is 8.51. The van der Waals surface area contributed by atoms with Crippen molar-refractivity contribution < 1.29 is 4.42 Å². The van der Waals surface area contributed by atoms with E-state index in [1.54, 1.807) is 6.26 Å². The Balaban J connectivity index is 2.33. The first-order valence-electron chi connectivity index (χ1n) is 5.29. The van der Waals surface area contributed by atoms with Gasteiger partial charge in [-0.05, 0) is 11.0 Å². The van der Waals surface area contributed by atoms with Crippen molar-refractivity contribution >= 4 is 6.01 Å². The maximum Gasteiger partial charge on any atom is 0.292 e. The van der Waals surface area contributed by atoms with E-state index in [0.717, 1.165) is 11.3 Å². The molecule has 2 rings (SSSR count). The molecule has 1 heterocycles. The van der Waals surface area contributed by atoms with E-state index in [1.807, 2.05) is 12.1 Å². The minimum atomic E-state index is 0.168. The molecule has 0 radical (unpaired) electrons. The number of oxazole rings is 1. The van der Waals surface area contributed by atoms with E-state index in [0.29, 0.717) is 0 Å². The molecular weight excluding hydrogens is 200 g/mol. The van der Waals surface area contributed by atoms with Crippen molar-refractivity contribution in [3.05, 3.63) is 36.1 Å². The van der Waals surface area contributed by atoms with Gasteiger partial charge in [0, 0.05) is 5.56 Å². The van der Waals surface area contributed by atoms with E-state index in [9.17, 15) is 0 Å². The van der Waals surface area contributed by atoms with E-state index in [4.69, 9.17) is 10.2 Å². The normalized spacial score (nSPS) is 11.7. The maximum absolute atomic E-state index is 5.44. The number of hydrogen-bond acceptors (Lipinski definition) is 3. The Morgan fingerprint density at radius 2 is 1.75 bits per heavy atom. The standard InChI is InChI=1S/C13H16N2O/c1-13(2,3)10-6-4-9(5-7-10)11-8-16-12(14)15-11/h4-8H,1-3H3,(H2,14,15). The zero-order valence-electron chi connectivity index (χ0n) is 9.82. The van der Waals surface area contributed by atoms with Crippen molar-refractivity contribution in [2.24, 2.45) is 0 Å². The Hall–Kier alpha value is -1.77. The van der Waals surface area contributed by atoms with E-state index >= 15 is 0 Å². The third kappa shape index (κ3) is 2.08. The number of nitrogens with two attached hydrogens (primary N) is 1. The third-order valence-corrected chi connectivity index (χ3v) is 2.57. The van der Waals surface area contributed by atoms with Gasteiger partial charge < -0.3 is 10.2 Å². The van der Waals surface area contributed by atoms with Crippen LogP contribution in [0.5, 0.6) is 0 Å². The second-order valence-electron chi connectivity index (χ2n) is 4.90. The van der Waals surface area contributed by atoms with Gasteiger partial charge in [-0.25, -0.2) is 0 Å². The molecule has 0 saturated heterocycles. The Bertz CT molecular complexity index is 477. The third-order valence-electron chi connectivity index (χ3n) is 2.57. The lowest BCUT2D eigenvalue weighted by Gasteiger charge is -2.18. The van der Waals surface area contributed by atoms with Crippen molar-refractivity contribution in [2.75, 3.05) is 5.73 Å². The molecule has 0 atom stereocenters. The molecule has 0 unspecified atom stereocenters. The average Bonchev–Trinajstić information content (AvgIpc) is 2.64. The molecule has 16 heavy (non-hydrogen) atoms. The number of benzene rings is 1. The summed E-state index contributed by atoms with van der Waals surface area (Å²) in [5.41, 5.74) is 8.70. The van der Waals surface area contributed by atoms with Gasteiger partial charge in [0.05, 0.1) is 0 Å².